The fourth-order valence-electron chi connectivity index (χ4n) is 5.51. The molecule has 0 N–H and O–H groups in total. The number of fused-ring (bicyclic) bond motifs is 3. The summed E-state index contributed by atoms with van der Waals surface area (Å²) < 4.78 is 7.09. The molecule has 168 valence electrons. The number of anilines is 1. The molecule has 0 saturated carbocycles. The van der Waals surface area contributed by atoms with E-state index >= 15 is 0 Å². The van der Waals surface area contributed by atoms with E-state index in [-0.39, 0.29) is 11.1 Å². The predicted octanol–water partition coefficient (Wildman–Crippen LogP) is 4.45. The molecular formula is C27H18BrNO5. The number of rotatable bonds is 2. The molecule has 2 saturated heterocycles. The first kappa shape index (κ1) is 21.1. The summed E-state index contributed by atoms with van der Waals surface area (Å²) in [4.78, 5) is 56.2. The second kappa shape index (κ2) is 7.29. The summed E-state index contributed by atoms with van der Waals surface area (Å²) in [5.41, 5.74) is 0.368. The topological polar surface area (TPSA) is 80.8 Å². The van der Waals surface area contributed by atoms with Gasteiger partial charge in [0.15, 0.2) is 0 Å². The third-order valence-corrected chi connectivity index (χ3v) is 7.50. The minimum atomic E-state index is -2.06. The molecule has 6 rings (SSSR count). The van der Waals surface area contributed by atoms with Gasteiger partial charge in [0, 0.05) is 15.6 Å². The lowest BCUT2D eigenvalue weighted by Crippen LogP contribution is -2.51. The lowest BCUT2D eigenvalue weighted by atomic mass is 9.77. The maximum atomic E-state index is 13.8. The van der Waals surface area contributed by atoms with Gasteiger partial charge in [-0.15, -0.1) is 0 Å². The Morgan fingerprint density at radius 1 is 0.824 bits per heavy atom. The molecule has 7 heteroatoms. The highest BCUT2D eigenvalue weighted by molar-refractivity contribution is 9.10. The van der Waals surface area contributed by atoms with Crippen molar-refractivity contribution >= 4 is 45.0 Å². The van der Waals surface area contributed by atoms with Gasteiger partial charge in [-0.25, -0.2) is 4.90 Å². The molecule has 2 fully saturated rings. The van der Waals surface area contributed by atoms with Crippen molar-refractivity contribution in [1.29, 1.82) is 0 Å². The van der Waals surface area contributed by atoms with Gasteiger partial charge in [-0.1, -0.05) is 70.0 Å². The van der Waals surface area contributed by atoms with Gasteiger partial charge in [-0.3, -0.25) is 19.2 Å². The fourth-order valence-corrected chi connectivity index (χ4v) is 5.77. The smallest absolute Gasteiger partial charge is 0.241 e. The van der Waals surface area contributed by atoms with Gasteiger partial charge in [-0.2, -0.15) is 0 Å². The normalized spacial score (nSPS) is 24.8. The minimum Gasteiger partial charge on any atom is -0.349 e. The molecule has 3 aromatic rings. The summed E-state index contributed by atoms with van der Waals surface area (Å²) in [6.07, 6.45) is -0.913. The third-order valence-electron chi connectivity index (χ3n) is 6.97. The van der Waals surface area contributed by atoms with E-state index in [0.717, 1.165) is 14.9 Å². The van der Waals surface area contributed by atoms with Crippen LogP contribution >= 0.6 is 15.9 Å². The number of carbonyl (C=O) groups is 4. The van der Waals surface area contributed by atoms with Crippen molar-refractivity contribution in [3.05, 3.63) is 99.5 Å². The number of ether oxygens (including phenoxy) is 1. The molecule has 2 heterocycles. The molecule has 3 aliphatic rings. The second-order valence-corrected chi connectivity index (χ2v) is 9.80. The first-order valence-electron chi connectivity index (χ1n) is 10.9. The zero-order valence-corrected chi connectivity index (χ0v) is 19.6. The summed E-state index contributed by atoms with van der Waals surface area (Å²) in [5.74, 6) is -4.44. The van der Waals surface area contributed by atoms with Crippen LogP contribution in [0.2, 0.25) is 0 Å². The Morgan fingerprint density at radius 3 is 2.09 bits per heavy atom. The van der Waals surface area contributed by atoms with Crippen molar-refractivity contribution in [3.63, 3.8) is 0 Å². The number of halogens is 1. The van der Waals surface area contributed by atoms with Gasteiger partial charge >= 0.3 is 0 Å². The number of hydrogen-bond acceptors (Lipinski definition) is 5. The monoisotopic (exact) mass is 515 g/mol. The molecule has 6 nitrogen and oxygen atoms in total. The zero-order valence-electron chi connectivity index (χ0n) is 18.0. The number of imide groups is 1. The van der Waals surface area contributed by atoms with Crippen LogP contribution in [0.25, 0.3) is 0 Å². The molecule has 2 aliphatic heterocycles. The Kier molecular flexibility index (Phi) is 4.53. The van der Waals surface area contributed by atoms with Gasteiger partial charge in [0.2, 0.25) is 29.0 Å². The average molecular weight is 516 g/mol. The Balaban J connectivity index is 1.55. The molecule has 3 atom stereocenters. The first-order valence-corrected chi connectivity index (χ1v) is 11.7. The van der Waals surface area contributed by atoms with E-state index in [0.29, 0.717) is 11.3 Å². The van der Waals surface area contributed by atoms with Crippen LogP contribution in [0.3, 0.4) is 0 Å². The molecule has 0 radical (unpaired) electrons. The fraction of sp³-hybridized carbons (Fsp3) is 0.185. The summed E-state index contributed by atoms with van der Waals surface area (Å²) in [7, 11) is 0. The summed E-state index contributed by atoms with van der Waals surface area (Å²) in [6, 6.07) is 20.6. The Labute approximate surface area is 203 Å². The van der Waals surface area contributed by atoms with Crippen molar-refractivity contribution in [1.82, 2.24) is 0 Å². The highest BCUT2D eigenvalue weighted by Crippen LogP contribution is 2.57. The summed E-state index contributed by atoms with van der Waals surface area (Å²) in [5, 5.41) is 0. The minimum absolute atomic E-state index is 0.221. The van der Waals surface area contributed by atoms with Crippen molar-refractivity contribution in [2.45, 2.75) is 18.6 Å². The van der Waals surface area contributed by atoms with E-state index in [9.17, 15) is 19.2 Å². The van der Waals surface area contributed by atoms with Crippen molar-refractivity contribution in [2.24, 2.45) is 11.8 Å². The molecule has 34 heavy (non-hydrogen) atoms. The van der Waals surface area contributed by atoms with Crippen molar-refractivity contribution in [3.8, 4) is 0 Å². The van der Waals surface area contributed by atoms with Gasteiger partial charge in [0.1, 0.15) is 0 Å². The number of aryl methyl sites for hydroxylation is 1. The lowest BCUT2D eigenvalue weighted by molar-refractivity contribution is -0.127. The van der Waals surface area contributed by atoms with Crippen LogP contribution in [0, 0.1) is 18.8 Å². The Bertz CT molecular complexity index is 1380. The van der Waals surface area contributed by atoms with Crippen LogP contribution in [0.5, 0.6) is 0 Å². The molecular weight excluding hydrogens is 498 g/mol. The van der Waals surface area contributed by atoms with Gasteiger partial charge < -0.3 is 4.74 Å². The quantitative estimate of drug-likeness (QED) is 0.372. The van der Waals surface area contributed by atoms with Crippen LogP contribution in [0.4, 0.5) is 5.69 Å². The van der Waals surface area contributed by atoms with E-state index in [1.54, 1.807) is 54.6 Å². The number of amides is 2. The summed E-state index contributed by atoms with van der Waals surface area (Å²) >= 11 is 3.36. The zero-order chi connectivity index (χ0) is 23.8. The van der Waals surface area contributed by atoms with Crippen LogP contribution in [0.15, 0.2) is 77.3 Å². The van der Waals surface area contributed by atoms with E-state index < -0.39 is 46.9 Å². The highest BCUT2D eigenvalue weighted by Gasteiger charge is 2.74. The maximum absolute atomic E-state index is 13.8. The number of nitrogens with zero attached hydrogens (tertiary/aromatic N) is 1. The number of hydrogen-bond donors (Lipinski definition) is 0. The number of ketones is 2. The van der Waals surface area contributed by atoms with E-state index in [4.69, 9.17) is 4.74 Å². The largest absolute Gasteiger partial charge is 0.349 e. The van der Waals surface area contributed by atoms with E-state index in [1.807, 2.05) is 25.1 Å². The number of Topliss-reactive ketones (excluding diaryl/α,β-unsaturated/α-hetero) is 2. The van der Waals surface area contributed by atoms with Gasteiger partial charge in [-0.05, 0) is 36.8 Å². The van der Waals surface area contributed by atoms with Crippen LogP contribution in [0.1, 0.15) is 37.9 Å². The van der Waals surface area contributed by atoms with Crippen LogP contribution < -0.4 is 4.90 Å². The predicted molar refractivity (Wildman–Crippen MR) is 126 cm³/mol. The number of carbonyl (C=O) groups excluding carboxylic acids is 4. The molecule has 2 amide bonds. The highest BCUT2D eigenvalue weighted by atomic mass is 79.9. The van der Waals surface area contributed by atoms with Crippen LogP contribution in [-0.4, -0.2) is 29.0 Å². The molecule has 1 aliphatic carbocycles. The maximum Gasteiger partial charge on any atom is 0.241 e. The molecule has 0 aromatic heterocycles. The SMILES string of the molecule is Cc1cccc([C@H]2OC3(C(=O)c4ccccc4C3=O)[C@@H]3C(=O)N(c4ccc(Br)cc4)C(=O)[C@H]23)c1. The third kappa shape index (κ3) is 2.65. The Morgan fingerprint density at radius 2 is 1.47 bits per heavy atom. The first-order chi connectivity index (χ1) is 16.3. The molecule has 0 bridgehead atoms. The average Bonchev–Trinajstić information content (AvgIpc) is 3.40. The molecule has 1 spiro atoms. The van der Waals surface area contributed by atoms with Crippen molar-refractivity contribution < 1.29 is 23.9 Å². The van der Waals surface area contributed by atoms with E-state index in [2.05, 4.69) is 15.9 Å². The number of benzene rings is 3. The molecule has 0 unspecified atom stereocenters. The molecule has 3 aromatic carbocycles. The van der Waals surface area contributed by atoms with Gasteiger partial charge in [0.25, 0.3) is 0 Å². The summed E-state index contributed by atoms with van der Waals surface area (Å²) in [6.45, 7) is 1.91. The van der Waals surface area contributed by atoms with Crippen molar-refractivity contribution in [2.75, 3.05) is 4.90 Å². The lowest BCUT2D eigenvalue weighted by Gasteiger charge is -2.27. The second-order valence-electron chi connectivity index (χ2n) is 8.88. The van der Waals surface area contributed by atoms with E-state index in [1.165, 1.54) is 0 Å². The standard InChI is InChI=1S/C27H18BrNO5/c1-14-5-4-6-15(13-14)22-20-21(26(33)29(25(20)32)17-11-9-16(28)10-12-17)27(34-22)23(30)18-7-2-3-8-19(18)24(27)31/h2-13,20-22H,1H3/t20-,21-,22+/m0/s1. The van der Waals surface area contributed by atoms with Crippen LogP contribution in [-0.2, 0) is 14.3 Å². The van der Waals surface area contributed by atoms with Gasteiger partial charge in [0.05, 0.1) is 23.6 Å². The Hall–Kier alpha value is -3.42.